The largest absolute Gasteiger partial charge is 0.454 e. The lowest BCUT2D eigenvalue weighted by Crippen LogP contribution is -2.39. The van der Waals surface area contributed by atoms with E-state index in [1.807, 2.05) is 34.9 Å². The van der Waals surface area contributed by atoms with Crippen LogP contribution in [0.25, 0.3) is 0 Å². The summed E-state index contributed by atoms with van der Waals surface area (Å²) in [6.07, 6.45) is 0. The van der Waals surface area contributed by atoms with Crippen molar-refractivity contribution < 1.29 is 14.3 Å². The Morgan fingerprint density at radius 1 is 1.09 bits per heavy atom. The van der Waals surface area contributed by atoms with Crippen LogP contribution in [0.4, 0.5) is 0 Å². The van der Waals surface area contributed by atoms with Crippen LogP contribution in [0.15, 0.2) is 48.5 Å². The second kappa shape index (κ2) is 6.16. The summed E-state index contributed by atoms with van der Waals surface area (Å²) in [6.45, 7) is 1.74. The van der Waals surface area contributed by atoms with Gasteiger partial charge < -0.3 is 14.4 Å². The SMILES string of the molecule is O=C(c1ccc2c(c1)OCO2)N1CCSC(c2ccccc2)C1. The van der Waals surface area contributed by atoms with Crippen LogP contribution in [0.2, 0.25) is 0 Å². The average molecular weight is 327 g/mol. The highest BCUT2D eigenvalue weighted by Gasteiger charge is 2.27. The van der Waals surface area contributed by atoms with E-state index >= 15 is 0 Å². The highest BCUT2D eigenvalue weighted by atomic mass is 32.2. The number of ether oxygens (including phenoxy) is 2. The summed E-state index contributed by atoms with van der Waals surface area (Å²) in [4.78, 5) is 14.7. The fourth-order valence-electron chi connectivity index (χ4n) is 2.92. The maximum atomic E-state index is 12.8. The van der Waals surface area contributed by atoms with E-state index in [1.54, 1.807) is 6.07 Å². The molecule has 0 bridgehead atoms. The van der Waals surface area contributed by atoms with E-state index in [9.17, 15) is 4.79 Å². The lowest BCUT2D eigenvalue weighted by atomic mass is 10.1. The predicted molar refractivity (Wildman–Crippen MR) is 90.1 cm³/mol. The molecule has 0 aliphatic carbocycles. The molecule has 2 aliphatic rings. The molecule has 0 saturated carbocycles. The maximum Gasteiger partial charge on any atom is 0.254 e. The first kappa shape index (κ1) is 14.5. The lowest BCUT2D eigenvalue weighted by molar-refractivity contribution is 0.0761. The zero-order valence-corrected chi connectivity index (χ0v) is 13.4. The first-order valence-corrected chi connectivity index (χ1v) is 8.71. The van der Waals surface area contributed by atoms with Gasteiger partial charge in [-0.05, 0) is 23.8 Å². The number of hydrogen-bond donors (Lipinski definition) is 0. The average Bonchev–Trinajstić information content (AvgIpc) is 3.09. The third-order valence-electron chi connectivity index (χ3n) is 4.14. The van der Waals surface area contributed by atoms with E-state index in [2.05, 4.69) is 24.3 Å². The Hall–Kier alpha value is -2.14. The van der Waals surface area contributed by atoms with Crippen LogP contribution in [0.1, 0.15) is 21.2 Å². The molecule has 2 heterocycles. The predicted octanol–water partition coefficient (Wildman–Crippen LogP) is 3.35. The van der Waals surface area contributed by atoms with Crippen molar-refractivity contribution in [1.29, 1.82) is 0 Å². The quantitative estimate of drug-likeness (QED) is 0.848. The molecule has 0 aromatic heterocycles. The van der Waals surface area contributed by atoms with Crippen molar-refractivity contribution in [2.75, 3.05) is 25.6 Å². The molecule has 23 heavy (non-hydrogen) atoms. The highest BCUT2D eigenvalue weighted by Crippen LogP contribution is 2.35. The first-order valence-electron chi connectivity index (χ1n) is 7.67. The van der Waals surface area contributed by atoms with Crippen molar-refractivity contribution in [2.45, 2.75) is 5.25 Å². The summed E-state index contributed by atoms with van der Waals surface area (Å²) in [5.41, 5.74) is 1.94. The minimum atomic E-state index is 0.0598. The minimum absolute atomic E-state index is 0.0598. The molecule has 4 rings (SSSR count). The highest BCUT2D eigenvalue weighted by molar-refractivity contribution is 7.99. The number of rotatable bonds is 2. The Morgan fingerprint density at radius 2 is 1.91 bits per heavy atom. The molecule has 5 heteroatoms. The minimum Gasteiger partial charge on any atom is -0.454 e. The lowest BCUT2D eigenvalue weighted by Gasteiger charge is -2.32. The monoisotopic (exact) mass is 327 g/mol. The summed E-state index contributed by atoms with van der Waals surface area (Å²) >= 11 is 1.91. The summed E-state index contributed by atoms with van der Waals surface area (Å²) < 4.78 is 10.7. The summed E-state index contributed by atoms with van der Waals surface area (Å²) in [7, 11) is 0. The summed E-state index contributed by atoms with van der Waals surface area (Å²) in [5, 5.41) is 0.336. The van der Waals surface area contributed by atoms with E-state index in [-0.39, 0.29) is 12.7 Å². The van der Waals surface area contributed by atoms with Crippen molar-refractivity contribution in [1.82, 2.24) is 4.90 Å². The molecule has 1 unspecified atom stereocenters. The van der Waals surface area contributed by atoms with Crippen LogP contribution in [0, 0.1) is 0 Å². The topological polar surface area (TPSA) is 38.8 Å². The van der Waals surface area contributed by atoms with Gasteiger partial charge in [0, 0.05) is 29.7 Å². The van der Waals surface area contributed by atoms with E-state index in [0.29, 0.717) is 22.3 Å². The molecule has 1 amide bonds. The smallest absolute Gasteiger partial charge is 0.254 e. The van der Waals surface area contributed by atoms with E-state index in [1.165, 1.54) is 5.56 Å². The number of carbonyl (C=O) groups excluding carboxylic acids is 1. The molecule has 2 aromatic rings. The van der Waals surface area contributed by atoms with Crippen LogP contribution >= 0.6 is 11.8 Å². The van der Waals surface area contributed by atoms with E-state index < -0.39 is 0 Å². The standard InChI is InChI=1S/C18H17NO3S/c20-18(14-6-7-15-16(10-14)22-12-21-15)19-8-9-23-17(11-19)13-4-2-1-3-5-13/h1-7,10,17H,8-9,11-12H2. The van der Waals surface area contributed by atoms with Gasteiger partial charge >= 0.3 is 0 Å². The number of hydrogen-bond acceptors (Lipinski definition) is 4. The van der Waals surface area contributed by atoms with Gasteiger partial charge in [-0.1, -0.05) is 30.3 Å². The molecule has 0 radical (unpaired) electrons. The van der Waals surface area contributed by atoms with Gasteiger partial charge in [-0.3, -0.25) is 4.79 Å². The molecule has 1 atom stereocenters. The number of nitrogens with zero attached hydrogens (tertiary/aromatic N) is 1. The van der Waals surface area contributed by atoms with Crippen LogP contribution in [0.5, 0.6) is 11.5 Å². The summed E-state index contributed by atoms with van der Waals surface area (Å²) in [6, 6.07) is 15.8. The molecular weight excluding hydrogens is 310 g/mol. The number of benzene rings is 2. The molecule has 2 aromatic carbocycles. The van der Waals surface area contributed by atoms with E-state index in [0.717, 1.165) is 18.8 Å². The van der Waals surface area contributed by atoms with Crippen molar-refractivity contribution >= 4 is 17.7 Å². The third-order valence-corrected chi connectivity index (χ3v) is 5.39. The van der Waals surface area contributed by atoms with Crippen LogP contribution < -0.4 is 9.47 Å². The number of amides is 1. The zero-order chi connectivity index (χ0) is 15.6. The van der Waals surface area contributed by atoms with Crippen molar-refractivity contribution in [3.05, 3.63) is 59.7 Å². The van der Waals surface area contributed by atoms with Gasteiger partial charge in [-0.15, -0.1) is 0 Å². The third kappa shape index (κ3) is 2.88. The molecule has 118 valence electrons. The number of thioether (sulfide) groups is 1. The first-order chi connectivity index (χ1) is 11.3. The maximum absolute atomic E-state index is 12.8. The number of carbonyl (C=O) groups is 1. The van der Waals surface area contributed by atoms with E-state index in [4.69, 9.17) is 9.47 Å². The van der Waals surface area contributed by atoms with Gasteiger partial charge in [0.1, 0.15) is 0 Å². The molecule has 4 nitrogen and oxygen atoms in total. The van der Waals surface area contributed by atoms with Crippen molar-refractivity contribution in [3.8, 4) is 11.5 Å². The molecule has 0 N–H and O–H groups in total. The van der Waals surface area contributed by atoms with Gasteiger partial charge in [-0.25, -0.2) is 0 Å². The normalized spacial score (nSPS) is 19.7. The van der Waals surface area contributed by atoms with Crippen molar-refractivity contribution in [2.24, 2.45) is 0 Å². The van der Waals surface area contributed by atoms with Crippen LogP contribution in [-0.2, 0) is 0 Å². The Bertz CT molecular complexity index is 719. The Kier molecular flexibility index (Phi) is 3.87. The van der Waals surface area contributed by atoms with Crippen LogP contribution in [0.3, 0.4) is 0 Å². The Labute approximate surface area is 139 Å². The Morgan fingerprint density at radius 3 is 2.78 bits per heavy atom. The van der Waals surface area contributed by atoms with Gasteiger partial charge in [-0.2, -0.15) is 11.8 Å². The van der Waals surface area contributed by atoms with Gasteiger partial charge in [0.05, 0.1) is 0 Å². The number of fused-ring (bicyclic) bond motifs is 1. The van der Waals surface area contributed by atoms with Gasteiger partial charge in [0.25, 0.3) is 5.91 Å². The summed E-state index contributed by atoms with van der Waals surface area (Å²) in [5.74, 6) is 2.37. The second-order valence-electron chi connectivity index (χ2n) is 5.59. The molecule has 0 spiro atoms. The molecule has 1 saturated heterocycles. The second-order valence-corrected chi connectivity index (χ2v) is 6.90. The van der Waals surface area contributed by atoms with Gasteiger partial charge in [0.2, 0.25) is 6.79 Å². The fourth-order valence-corrected chi connectivity index (χ4v) is 4.16. The van der Waals surface area contributed by atoms with Gasteiger partial charge in [0.15, 0.2) is 11.5 Å². The molecule has 2 aliphatic heterocycles. The molecule has 1 fully saturated rings. The fraction of sp³-hybridized carbons (Fsp3) is 0.278. The zero-order valence-electron chi connectivity index (χ0n) is 12.6. The Balaban J connectivity index is 1.52. The van der Waals surface area contributed by atoms with Crippen LogP contribution in [-0.4, -0.2) is 36.4 Å². The van der Waals surface area contributed by atoms with Crippen molar-refractivity contribution in [3.63, 3.8) is 0 Å². The molecular formula is C18H17NO3S.